The summed E-state index contributed by atoms with van der Waals surface area (Å²) in [5.74, 6) is -0.930. The van der Waals surface area contributed by atoms with Crippen molar-refractivity contribution in [2.45, 2.75) is 45.2 Å². The van der Waals surface area contributed by atoms with Gasteiger partial charge in [-0.15, -0.1) is 0 Å². The monoisotopic (exact) mass is 273 g/mol. The van der Waals surface area contributed by atoms with E-state index in [0.717, 1.165) is 18.4 Å². The number of nitrogens with zero attached hydrogens (tertiary/aromatic N) is 3. The van der Waals surface area contributed by atoms with E-state index < -0.39 is 5.97 Å². The fourth-order valence-corrected chi connectivity index (χ4v) is 3.22. The minimum atomic E-state index is -0.930. The van der Waals surface area contributed by atoms with Gasteiger partial charge in [0.2, 0.25) is 0 Å². The van der Waals surface area contributed by atoms with Crippen LogP contribution in [0.2, 0.25) is 0 Å². The third kappa shape index (κ3) is 1.94. The Labute approximate surface area is 117 Å². The number of para-hydroxylation sites is 1. The van der Waals surface area contributed by atoms with Crippen LogP contribution in [0.1, 0.15) is 43.5 Å². The number of carboxylic acid groups (broad SMARTS) is 1. The molecule has 2 heterocycles. The van der Waals surface area contributed by atoms with E-state index in [1.807, 2.05) is 10.7 Å². The van der Waals surface area contributed by atoms with Gasteiger partial charge >= 0.3 is 5.97 Å². The van der Waals surface area contributed by atoms with Crippen LogP contribution < -0.4 is 5.01 Å². The van der Waals surface area contributed by atoms with Crippen LogP contribution in [-0.4, -0.2) is 32.8 Å². The van der Waals surface area contributed by atoms with E-state index in [-0.39, 0.29) is 5.56 Å². The first-order chi connectivity index (χ1) is 9.59. The van der Waals surface area contributed by atoms with Crippen molar-refractivity contribution in [3.63, 3.8) is 0 Å². The van der Waals surface area contributed by atoms with Gasteiger partial charge in [0.15, 0.2) is 0 Å². The van der Waals surface area contributed by atoms with E-state index in [4.69, 9.17) is 0 Å². The van der Waals surface area contributed by atoms with Crippen molar-refractivity contribution in [3.05, 3.63) is 30.1 Å². The molecule has 1 aliphatic rings. The number of hydrogen-bond acceptors (Lipinski definition) is 3. The van der Waals surface area contributed by atoms with Crippen LogP contribution in [-0.2, 0) is 0 Å². The molecule has 2 aromatic rings. The Hall–Kier alpha value is -2.04. The van der Waals surface area contributed by atoms with Gasteiger partial charge in [-0.25, -0.2) is 14.5 Å². The number of aromatic nitrogens is 2. The average Bonchev–Trinajstić information content (AvgIpc) is 2.82. The Morgan fingerprint density at radius 2 is 2.00 bits per heavy atom. The van der Waals surface area contributed by atoms with Gasteiger partial charge in [0.05, 0.1) is 11.1 Å². The Morgan fingerprint density at radius 3 is 2.65 bits per heavy atom. The van der Waals surface area contributed by atoms with Gasteiger partial charge in [-0.2, -0.15) is 0 Å². The van der Waals surface area contributed by atoms with Gasteiger partial charge in [0, 0.05) is 12.1 Å². The number of rotatable bonds is 2. The number of carboxylic acids is 1. The van der Waals surface area contributed by atoms with Gasteiger partial charge in [-0.1, -0.05) is 6.07 Å². The van der Waals surface area contributed by atoms with Crippen molar-refractivity contribution >= 4 is 17.0 Å². The van der Waals surface area contributed by atoms with Gasteiger partial charge in [0.1, 0.15) is 11.8 Å². The minimum Gasteiger partial charge on any atom is -0.478 e. The molecule has 20 heavy (non-hydrogen) atoms. The number of aromatic carboxylic acids is 1. The number of carbonyl (C=O) groups is 1. The van der Waals surface area contributed by atoms with Gasteiger partial charge in [-0.05, 0) is 45.2 Å². The van der Waals surface area contributed by atoms with Crippen LogP contribution in [0.15, 0.2) is 24.5 Å². The van der Waals surface area contributed by atoms with Crippen molar-refractivity contribution < 1.29 is 9.90 Å². The molecular formula is C15H19N3O2. The summed E-state index contributed by atoms with van der Waals surface area (Å²) >= 11 is 0. The van der Waals surface area contributed by atoms with Gasteiger partial charge in [-0.3, -0.25) is 0 Å². The molecule has 1 N–H and O–H groups in total. The van der Waals surface area contributed by atoms with E-state index in [1.165, 1.54) is 6.42 Å². The Bertz CT molecular complexity index is 640. The Kier molecular flexibility index (Phi) is 3.12. The Balaban J connectivity index is 2.13. The molecule has 106 valence electrons. The van der Waals surface area contributed by atoms with Crippen molar-refractivity contribution in [1.82, 2.24) is 9.66 Å². The number of piperidine rings is 1. The van der Waals surface area contributed by atoms with Crippen LogP contribution in [0.25, 0.3) is 11.0 Å². The maximum absolute atomic E-state index is 11.3. The molecule has 0 saturated carbocycles. The second kappa shape index (κ2) is 4.81. The summed E-state index contributed by atoms with van der Waals surface area (Å²) in [5, 5.41) is 11.6. The van der Waals surface area contributed by atoms with Crippen molar-refractivity contribution in [2.75, 3.05) is 5.01 Å². The molecule has 1 aromatic heterocycles. The van der Waals surface area contributed by atoms with E-state index in [2.05, 4.69) is 23.8 Å². The molecule has 1 aromatic carbocycles. The third-order valence-corrected chi connectivity index (χ3v) is 4.18. The third-order valence-electron chi connectivity index (χ3n) is 4.18. The predicted molar refractivity (Wildman–Crippen MR) is 77.7 cm³/mol. The first kappa shape index (κ1) is 13.0. The molecule has 1 aliphatic heterocycles. The zero-order valence-electron chi connectivity index (χ0n) is 11.8. The smallest absolute Gasteiger partial charge is 0.337 e. The predicted octanol–water partition coefficient (Wildman–Crippen LogP) is 2.63. The van der Waals surface area contributed by atoms with Crippen LogP contribution >= 0.6 is 0 Å². The summed E-state index contributed by atoms with van der Waals surface area (Å²) in [6.45, 7) is 4.42. The second-order valence-electron chi connectivity index (χ2n) is 5.58. The molecule has 0 radical (unpaired) electrons. The van der Waals surface area contributed by atoms with Crippen molar-refractivity contribution in [2.24, 2.45) is 0 Å². The van der Waals surface area contributed by atoms with Gasteiger partial charge < -0.3 is 10.1 Å². The molecular weight excluding hydrogens is 254 g/mol. The van der Waals surface area contributed by atoms with Crippen molar-refractivity contribution in [3.8, 4) is 0 Å². The quantitative estimate of drug-likeness (QED) is 0.913. The van der Waals surface area contributed by atoms with E-state index >= 15 is 0 Å². The molecule has 1 saturated heterocycles. The maximum atomic E-state index is 11.3. The molecule has 3 rings (SSSR count). The van der Waals surface area contributed by atoms with Crippen LogP contribution in [0, 0.1) is 0 Å². The normalized spacial score (nSPS) is 23.2. The van der Waals surface area contributed by atoms with Crippen molar-refractivity contribution in [1.29, 1.82) is 0 Å². The average molecular weight is 273 g/mol. The van der Waals surface area contributed by atoms with Crippen LogP contribution in [0.4, 0.5) is 0 Å². The standard InChI is InChI=1S/C15H19N3O2/c1-10-5-3-6-11(2)18(10)17-9-16-14-12(15(19)20)7-4-8-13(14)17/h4,7-11H,3,5-6H2,1-2H3,(H,19,20). The van der Waals surface area contributed by atoms with E-state index in [1.54, 1.807) is 18.5 Å². The summed E-state index contributed by atoms with van der Waals surface area (Å²) in [5.41, 5.74) is 1.69. The van der Waals surface area contributed by atoms with E-state index in [0.29, 0.717) is 17.6 Å². The summed E-state index contributed by atoms with van der Waals surface area (Å²) in [6, 6.07) is 6.19. The molecule has 1 fully saturated rings. The molecule has 2 unspecified atom stereocenters. The highest BCUT2D eigenvalue weighted by Crippen LogP contribution is 2.25. The highest BCUT2D eigenvalue weighted by molar-refractivity contribution is 6.01. The molecule has 5 heteroatoms. The highest BCUT2D eigenvalue weighted by Gasteiger charge is 2.26. The molecule has 0 amide bonds. The second-order valence-corrected chi connectivity index (χ2v) is 5.58. The molecule has 0 aliphatic carbocycles. The number of hydrogen-bond donors (Lipinski definition) is 1. The fourth-order valence-electron chi connectivity index (χ4n) is 3.22. The first-order valence-electron chi connectivity index (χ1n) is 7.07. The van der Waals surface area contributed by atoms with E-state index in [9.17, 15) is 9.90 Å². The lowest BCUT2D eigenvalue weighted by Crippen LogP contribution is -2.50. The Morgan fingerprint density at radius 1 is 1.30 bits per heavy atom. The molecule has 5 nitrogen and oxygen atoms in total. The number of fused-ring (bicyclic) bond motifs is 1. The highest BCUT2D eigenvalue weighted by atomic mass is 16.4. The number of imidazole rings is 1. The van der Waals surface area contributed by atoms with Gasteiger partial charge in [0.25, 0.3) is 0 Å². The minimum absolute atomic E-state index is 0.263. The summed E-state index contributed by atoms with van der Waals surface area (Å²) in [6.07, 6.45) is 5.30. The molecule has 0 spiro atoms. The molecule has 2 atom stereocenters. The summed E-state index contributed by atoms with van der Waals surface area (Å²) in [7, 11) is 0. The van der Waals surface area contributed by atoms with Crippen LogP contribution in [0.5, 0.6) is 0 Å². The summed E-state index contributed by atoms with van der Waals surface area (Å²) < 4.78 is 2.02. The fraction of sp³-hybridized carbons (Fsp3) is 0.467. The molecule has 0 bridgehead atoms. The lowest BCUT2D eigenvalue weighted by atomic mass is 10.00. The topological polar surface area (TPSA) is 58.4 Å². The largest absolute Gasteiger partial charge is 0.478 e. The zero-order valence-corrected chi connectivity index (χ0v) is 11.8. The first-order valence-corrected chi connectivity index (χ1v) is 7.07. The summed E-state index contributed by atoms with van der Waals surface area (Å²) in [4.78, 5) is 15.6. The van der Waals surface area contributed by atoms with Crippen LogP contribution in [0.3, 0.4) is 0 Å². The SMILES string of the molecule is CC1CCCC(C)N1n1cnc2c(C(=O)O)cccc21. The lowest BCUT2D eigenvalue weighted by Gasteiger charge is -2.41. The lowest BCUT2D eigenvalue weighted by molar-refractivity contribution is 0.0699. The number of benzene rings is 1. The maximum Gasteiger partial charge on any atom is 0.337 e. The zero-order chi connectivity index (χ0) is 14.3.